The van der Waals surface area contributed by atoms with Crippen molar-refractivity contribution >= 4 is 140 Å². The van der Waals surface area contributed by atoms with Crippen LogP contribution in [0, 0.1) is 28.6 Å². The monoisotopic (exact) mass is 1850 g/mol. The average Bonchev–Trinajstić information content (AvgIpc) is 1.70. The van der Waals surface area contributed by atoms with E-state index in [4.69, 9.17) is 51.3 Å². The van der Waals surface area contributed by atoms with Gasteiger partial charge in [0.25, 0.3) is 5.91 Å². The predicted molar refractivity (Wildman–Crippen MR) is 485 cm³/mol. The summed E-state index contributed by atoms with van der Waals surface area (Å²) in [7, 11) is 0. The number of nitrogens with zero attached hydrogens (tertiary/aromatic N) is 2. The largest absolute Gasteiger partial charge is 0.508 e. The van der Waals surface area contributed by atoms with E-state index in [1.54, 1.807) is 101 Å². The van der Waals surface area contributed by atoms with Crippen molar-refractivity contribution in [1.82, 2.24) is 83.7 Å². The Morgan fingerprint density at radius 2 is 1.09 bits per heavy atom. The van der Waals surface area contributed by atoms with Crippen molar-refractivity contribution in [2.45, 2.75) is 227 Å². The number of aromatic nitrogens is 4. The molecule has 2 aromatic heterocycles. The molecule has 0 spiro atoms. The summed E-state index contributed by atoms with van der Waals surface area (Å²) in [6, 6.07) is 2.97. The van der Waals surface area contributed by atoms with Gasteiger partial charge in [-0.2, -0.15) is 0 Å². The van der Waals surface area contributed by atoms with Gasteiger partial charge in [0.05, 0.1) is 51.3 Å². The van der Waals surface area contributed by atoms with E-state index in [1.165, 1.54) is 79.6 Å². The molecular formula is C88H117Cl2N19O19S. The van der Waals surface area contributed by atoms with Gasteiger partial charge >= 0.3 is 5.97 Å². The molecule has 5 aromatic rings. The topological polar surface area (TPSA) is 596 Å². The Hall–Kier alpha value is -12.6. The van der Waals surface area contributed by atoms with E-state index in [0.29, 0.717) is 52.7 Å². The van der Waals surface area contributed by atoms with E-state index in [1.807, 2.05) is 0 Å². The fourth-order valence-electron chi connectivity index (χ4n) is 14.0. The van der Waals surface area contributed by atoms with Crippen LogP contribution >= 0.6 is 35.4 Å². The smallest absolute Gasteiger partial charge is 0.336 e. The minimum atomic E-state index is -1.89. The Morgan fingerprint density at radius 3 is 1.64 bits per heavy atom. The zero-order valence-electron chi connectivity index (χ0n) is 74.1. The summed E-state index contributed by atoms with van der Waals surface area (Å²) in [6.07, 6.45) is 3.26. The van der Waals surface area contributed by atoms with Gasteiger partial charge in [-0.15, -0.1) is 0 Å². The number of halogens is 2. The second-order valence-corrected chi connectivity index (χ2v) is 35.6. The molecule has 3 aromatic carbocycles. The number of primary amides is 2. The SMILES string of the molecule is CC[C@H](C)[C@H](NC(=O)[C@@H](NC(=O)c1cccc(Cl)c1Cl)C(C)(C)C)C(=O)N[C@H](C(=O)N[C@H](C(=O)N[C@H](C(=O)N[C@@H](CCC(N)=O)C(=O)N[C@@H](Cc1c[nH]cn1)C(=O)N[C@H](CC(C)C)C(=O)N[C@@H](Cc1c[nH]cn1)C(=O)NCCC(=O)N[C@@H](CCCCNC(=S)Nc1ccc(-c2c3ccc(=O)cc-3oc3cc(O)ccc23)c(C(=O)O)c1)C(N)=O)[C@@H](C)O)[C@@H](C)CC)C(C)(C)C. The molecule has 0 bridgehead atoms. The molecule has 41 heteroatoms. The lowest BCUT2D eigenvalue weighted by Gasteiger charge is -2.36. The number of carbonyl (C=O) groups is 14. The number of aromatic hydroxyl groups is 1. The molecular weight excluding hydrogens is 1730 g/mol. The van der Waals surface area contributed by atoms with E-state index in [2.05, 4.69) is 89.1 Å². The number of fused-ring (bicyclic) bond motifs is 2. The first-order valence-corrected chi connectivity index (χ1v) is 43.4. The summed E-state index contributed by atoms with van der Waals surface area (Å²) in [5.41, 5.74) is 11.1. The van der Waals surface area contributed by atoms with Gasteiger partial charge in [0.2, 0.25) is 70.9 Å². The number of unbranched alkanes of at least 4 members (excludes halogenated alkanes) is 1. The van der Waals surface area contributed by atoms with Crippen molar-refractivity contribution in [2.24, 2.45) is 40.1 Å². The summed E-state index contributed by atoms with van der Waals surface area (Å²) < 4.78 is 5.93. The van der Waals surface area contributed by atoms with E-state index < -0.39 is 185 Å². The number of benzene rings is 4. The van der Waals surface area contributed by atoms with Gasteiger partial charge in [0.1, 0.15) is 77.5 Å². The molecule has 13 amide bonds. The Kier molecular flexibility index (Phi) is 38.0. The number of thiocarbonyl (C=S) groups is 1. The third kappa shape index (κ3) is 30.3. The number of phenolic OH excluding ortho intramolecular Hbond substituents is 1. The van der Waals surface area contributed by atoms with Crippen molar-refractivity contribution in [3.8, 4) is 28.2 Å². The Labute approximate surface area is 760 Å². The van der Waals surface area contributed by atoms with E-state index in [0.717, 1.165) is 6.92 Å². The lowest BCUT2D eigenvalue weighted by molar-refractivity contribution is -0.139. The number of aliphatic hydroxyl groups excluding tert-OH is 1. The number of anilines is 1. The van der Waals surface area contributed by atoms with Gasteiger partial charge < -0.3 is 110 Å². The highest BCUT2D eigenvalue weighted by molar-refractivity contribution is 7.80. The molecule has 22 N–H and O–H groups in total. The average molecular weight is 1850 g/mol. The number of hydrogen-bond donors (Lipinski definition) is 20. The van der Waals surface area contributed by atoms with Gasteiger partial charge in [0.15, 0.2) is 10.5 Å². The van der Waals surface area contributed by atoms with Gasteiger partial charge in [0, 0.05) is 85.5 Å². The maximum Gasteiger partial charge on any atom is 0.336 e. The number of H-pyrrole nitrogens is 2. The maximum atomic E-state index is 14.8. The number of imidazole rings is 2. The molecule has 38 nitrogen and oxygen atoms in total. The van der Waals surface area contributed by atoms with Crippen LogP contribution in [-0.2, 0) is 70.4 Å². The molecule has 0 unspecified atom stereocenters. The third-order valence-electron chi connectivity index (χ3n) is 21.5. The van der Waals surface area contributed by atoms with Crippen LogP contribution in [0.2, 0.25) is 10.0 Å². The van der Waals surface area contributed by atoms with Crippen LogP contribution in [0.15, 0.2) is 107 Å². The Morgan fingerprint density at radius 1 is 0.550 bits per heavy atom. The lowest BCUT2D eigenvalue weighted by Crippen LogP contribution is -2.64. The summed E-state index contributed by atoms with van der Waals surface area (Å²) in [5.74, 6) is -14.2. The first-order chi connectivity index (χ1) is 60.7. The standard InChI is InChI=1S/C88H117Cl2N19O19S/c1-14-44(5)69(105-84(125)73(88(11,12)13)109-81(122)70(45(6)15-2)106-83(124)72(87(8,9)10)108-75(116)55-19-18-20-57(89)68(55)90)80(121)107-71(46(7)110)82(123)101-59(28-29-65(91)113)77(118)104-62(36-49-40-94-42-98-49)79(120)102-60(33-43(3)4)78(119)103-61(35-48-39-93-41-97-48)76(117)95-32-30-66(114)100-58(74(92)115)21-16-17-31-96-86(129)99-47-22-25-52(56(34-47)85(126)127)67-53-26-23-50(111)37-63(53)128-64-38-51(112)24-27-54(64)67/h18-20,22-27,34,37-46,58-62,69-73,110-111H,14-17,21,28-33,35-36H2,1-13H3,(H2,91,113)(H2,92,115)(H,93,97)(H,94,98)(H,95,117)(H,100,114)(H,101,123)(H,102,120)(H,103,119)(H,104,118)(H,105,125)(H,106,124)(H,107,121)(H,108,116)(H,109,122)(H,126,127)(H2,96,99,129)/t44-,45-,46+,58-,59-,60+,61-,62-,69-,70-,71-,72+,73+/m0/s1. The number of nitrogens with two attached hydrogens (primary N) is 2. The number of aromatic amines is 2. The van der Waals surface area contributed by atoms with Crippen LogP contribution < -0.4 is 86.0 Å². The zero-order valence-corrected chi connectivity index (χ0v) is 76.4. The van der Waals surface area contributed by atoms with E-state index in [9.17, 15) is 87.2 Å². The minimum absolute atomic E-state index is 0.00505. The van der Waals surface area contributed by atoms with Gasteiger partial charge in [-0.3, -0.25) is 67.1 Å². The number of amides is 13. The number of aliphatic hydroxyl groups is 1. The number of carboxylic acids is 1. The van der Waals surface area contributed by atoms with Crippen LogP contribution in [-0.4, -0.2) is 203 Å². The van der Waals surface area contributed by atoms with Crippen molar-refractivity contribution < 1.29 is 86.9 Å². The number of carboxylic acid groups (broad SMARTS) is 1. The number of hydrogen-bond acceptors (Lipinski definition) is 21. The first-order valence-electron chi connectivity index (χ1n) is 42.3. The summed E-state index contributed by atoms with van der Waals surface area (Å²) in [6.45, 7) is 21.5. The van der Waals surface area contributed by atoms with Gasteiger partial charge in [-0.25, -0.2) is 14.8 Å². The quantitative estimate of drug-likeness (QED) is 0.0140. The van der Waals surface area contributed by atoms with Crippen molar-refractivity contribution in [1.29, 1.82) is 0 Å². The molecule has 698 valence electrons. The van der Waals surface area contributed by atoms with Gasteiger partial charge in [-0.1, -0.05) is 131 Å². The molecule has 0 radical (unpaired) electrons. The van der Waals surface area contributed by atoms with E-state index >= 15 is 0 Å². The van der Waals surface area contributed by atoms with Crippen LogP contribution in [0.5, 0.6) is 5.75 Å². The molecule has 129 heavy (non-hydrogen) atoms. The van der Waals surface area contributed by atoms with E-state index in [-0.39, 0.29) is 112 Å². The van der Waals surface area contributed by atoms with Crippen LogP contribution in [0.4, 0.5) is 5.69 Å². The normalized spacial score (nSPS) is 14.6. The van der Waals surface area contributed by atoms with Gasteiger partial charge in [-0.05, 0) is 134 Å². The number of aromatic carboxylic acids is 1. The van der Waals surface area contributed by atoms with Crippen molar-refractivity contribution in [2.75, 3.05) is 18.4 Å². The predicted octanol–water partition coefficient (Wildman–Crippen LogP) is 4.69. The fourth-order valence-corrected chi connectivity index (χ4v) is 14.6. The van der Waals surface area contributed by atoms with Crippen LogP contribution in [0.3, 0.4) is 0 Å². The van der Waals surface area contributed by atoms with Crippen LogP contribution in [0.25, 0.3) is 33.4 Å². The molecule has 0 saturated heterocycles. The second kappa shape index (κ2) is 47.4. The molecule has 0 fully saturated rings. The molecule has 1 aliphatic heterocycles. The first kappa shape index (κ1) is 103. The Balaban J connectivity index is 0.967. The minimum Gasteiger partial charge on any atom is -0.508 e. The number of carbonyl (C=O) groups excluding carboxylic acids is 13. The highest BCUT2D eigenvalue weighted by Crippen LogP contribution is 2.43. The maximum absolute atomic E-state index is 14.8. The molecule has 3 heterocycles. The summed E-state index contributed by atoms with van der Waals surface area (Å²) in [5, 5.41) is 67.7. The number of nitrogens with one attached hydrogen (secondary N) is 15. The highest BCUT2D eigenvalue weighted by Gasteiger charge is 2.43. The molecule has 7 rings (SSSR count). The number of phenols is 1. The van der Waals surface area contributed by atoms with Crippen molar-refractivity contribution in [3.05, 3.63) is 141 Å². The lowest BCUT2D eigenvalue weighted by atomic mass is 9.84. The Bertz CT molecular complexity index is 5210. The second-order valence-electron chi connectivity index (χ2n) is 34.4. The number of rotatable bonds is 46. The molecule has 13 atom stereocenters. The summed E-state index contributed by atoms with van der Waals surface area (Å²) >= 11 is 18.1. The summed E-state index contributed by atoms with van der Waals surface area (Å²) in [4.78, 5) is 222. The third-order valence-corrected chi connectivity index (χ3v) is 22.6. The van der Waals surface area contributed by atoms with Crippen molar-refractivity contribution in [3.63, 3.8) is 0 Å². The fraction of sp³-hybridized carbons (Fsp3) is 0.477. The molecule has 1 aliphatic carbocycles. The molecule has 2 aliphatic rings. The van der Waals surface area contributed by atoms with Crippen LogP contribution in [0.1, 0.15) is 180 Å². The highest BCUT2D eigenvalue weighted by atomic mass is 35.5. The molecule has 0 saturated carbocycles. The zero-order chi connectivity index (χ0) is 95.6.